The number of carbonyl (C=O) groups is 2. The molecule has 2 amide bonds. The predicted molar refractivity (Wildman–Crippen MR) is 146 cm³/mol. The van der Waals surface area contributed by atoms with Gasteiger partial charge in [0, 0.05) is 31.2 Å². The van der Waals surface area contributed by atoms with Crippen molar-refractivity contribution in [3.63, 3.8) is 0 Å². The number of H-pyrrole nitrogens is 1. The molecule has 0 unspecified atom stereocenters. The van der Waals surface area contributed by atoms with E-state index in [2.05, 4.69) is 30.7 Å². The Morgan fingerprint density at radius 2 is 1.85 bits per heavy atom. The molecular weight excluding hydrogens is 496 g/mol. The van der Waals surface area contributed by atoms with Gasteiger partial charge in [-0.15, -0.1) is 0 Å². The van der Waals surface area contributed by atoms with Gasteiger partial charge in [-0.3, -0.25) is 4.79 Å². The molecular formula is C29H40N6O4. The fraction of sp³-hybridized carbons (Fsp3) is 0.552. The maximum absolute atomic E-state index is 13.8. The second-order valence-corrected chi connectivity index (χ2v) is 11.5. The number of imidazole rings is 1. The first kappa shape index (κ1) is 28.3. The van der Waals surface area contributed by atoms with Crippen molar-refractivity contribution in [2.24, 2.45) is 5.92 Å². The van der Waals surface area contributed by atoms with Crippen LogP contribution in [0.25, 0.3) is 0 Å². The molecule has 2 aromatic heterocycles. The SMILES string of the molecule is Cc1cccc(C)c1C[C@H](NC(=O)OC(C)(C)C)C(=O)N[C@@H](Cc1cnc[nH]1)c1nc(CC2CCCC2)no1. The van der Waals surface area contributed by atoms with Gasteiger partial charge in [0.25, 0.3) is 0 Å². The standard InChI is InChI=1S/C29H40N6O4/c1-18-9-8-10-19(2)22(18)15-23(33-28(37)38-29(3,4)5)26(36)32-24(14-21-16-30-17-31-21)27-34-25(35-39-27)13-20-11-6-7-12-20/h8-10,16-17,20,23-24H,6-7,11-15H2,1-5H3,(H,30,31)(H,32,36)(H,33,37)/t23-,24-/m0/s1. The zero-order chi connectivity index (χ0) is 28.0. The largest absolute Gasteiger partial charge is 0.444 e. The van der Waals surface area contributed by atoms with Gasteiger partial charge >= 0.3 is 6.09 Å². The molecule has 1 aliphatic carbocycles. The summed E-state index contributed by atoms with van der Waals surface area (Å²) in [5, 5.41) is 10.0. The third-order valence-corrected chi connectivity index (χ3v) is 7.08. The molecule has 1 aliphatic rings. The van der Waals surface area contributed by atoms with Crippen LogP contribution in [-0.2, 0) is 28.8 Å². The lowest BCUT2D eigenvalue weighted by atomic mass is 9.96. The number of amides is 2. The van der Waals surface area contributed by atoms with E-state index in [4.69, 9.17) is 9.26 Å². The van der Waals surface area contributed by atoms with Gasteiger partial charge in [0.15, 0.2) is 5.82 Å². The Morgan fingerprint density at radius 3 is 2.49 bits per heavy atom. The van der Waals surface area contributed by atoms with Crippen molar-refractivity contribution in [1.29, 1.82) is 0 Å². The van der Waals surface area contributed by atoms with Gasteiger partial charge in [-0.05, 0) is 57.2 Å². The first-order valence-corrected chi connectivity index (χ1v) is 13.7. The summed E-state index contributed by atoms with van der Waals surface area (Å²) >= 11 is 0. The summed E-state index contributed by atoms with van der Waals surface area (Å²) in [4.78, 5) is 38.3. The monoisotopic (exact) mass is 536 g/mol. The molecule has 2 atom stereocenters. The molecule has 1 aromatic carbocycles. The van der Waals surface area contributed by atoms with Crippen molar-refractivity contribution in [3.05, 3.63) is 64.8 Å². The van der Waals surface area contributed by atoms with Gasteiger partial charge in [0.1, 0.15) is 17.7 Å². The lowest BCUT2D eigenvalue weighted by Gasteiger charge is -2.25. The van der Waals surface area contributed by atoms with Crippen molar-refractivity contribution in [3.8, 4) is 0 Å². The van der Waals surface area contributed by atoms with E-state index >= 15 is 0 Å². The molecule has 0 bridgehead atoms. The molecule has 0 aliphatic heterocycles. The van der Waals surface area contributed by atoms with Crippen molar-refractivity contribution in [2.45, 2.75) is 97.2 Å². The molecule has 210 valence electrons. The molecule has 3 aromatic rings. The topological polar surface area (TPSA) is 135 Å². The maximum atomic E-state index is 13.8. The second-order valence-electron chi connectivity index (χ2n) is 11.5. The molecule has 0 radical (unpaired) electrons. The Hall–Kier alpha value is -3.69. The summed E-state index contributed by atoms with van der Waals surface area (Å²) in [6.07, 6.45) is 8.89. The van der Waals surface area contributed by atoms with Crippen LogP contribution in [0, 0.1) is 19.8 Å². The summed E-state index contributed by atoms with van der Waals surface area (Å²) in [5.41, 5.74) is 3.19. The Kier molecular flexibility index (Phi) is 9.04. The summed E-state index contributed by atoms with van der Waals surface area (Å²) in [5.74, 6) is 1.17. The highest BCUT2D eigenvalue weighted by atomic mass is 16.6. The highest BCUT2D eigenvalue weighted by Crippen LogP contribution is 2.28. The van der Waals surface area contributed by atoms with E-state index in [9.17, 15) is 9.59 Å². The highest BCUT2D eigenvalue weighted by molar-refractivity contribution is 5.86. The zero-order valence-corrected chi connectivity index (χ0v) is 23.5. The van der Waals surface area contributed by atoms with E-state index in [1.165, 1.54) is 25.7 Å². The van der Waals surface area contributed by atoms with Gasteiger partial charge in [-0.1, -0.05) is 49.0 Å². The number of nitrogens with zero attached hydrogens (tertiary/aromatic N) is 3. The van der Waals surface area contributed by atoms with Gasteiger partial charge in [-0.2, -0.15) is 4.98 Å². The number of hydrogen-bond donors (Lipinski definition) is 3. The average molecular weight is 537 g/mol. The van der Waals surface area contributed by atoms with E-state index in [-0.39, 0.29) is 5.91 Å². The third-order valence-electron chi connectivity index (χ3n) is 7.08. The first-order chi connectivity index (χ1) is 18.6. The van der Waals surface area contributed by atoms with E-state index in [1.54, 1.807) is 33.3 Å². The first-order valence-electron chi connectivity index (χ1n) is 13.7. The lowest BCUT2D eigenvalue weighted by molar-refractivity contribution is -0.124. The molecule has 10 heteroatoms. The average Bonchev–Trinajstić information content (AvgIpc) is 3.63. The fourth-order valence-electron chi connectivity index (χ4n) is 5.09. The Bertz CT molecular complexity index is 1220. The summed E-state index contributed by atoms with van der Waals surface area (Å²) < 4.78 is 11.1. The molecule has 1 fully saturated rings. The van der Waals surface area contributed by atoms with Crippen LogP contribution in [0.15, 0.2) is 35.2 Å². The van der Waals surface area contributed by atoms with Crippen molar-refractivity contribution in [1.82, 2.24) is 30.7 Å². The quantitative estimate of drug-likeness (QED) is 0.342. The summed E-state index contributed by atoms with van der Waals surface area (Å²) in [6.45, 7) is 9.34. The number of rotatable bonds is 10. The van der Waals surface area contributed by atoms with Crippen molar-refractivity contribution >= 4 is 12.0 Å². The summed E-state index contributed by atoms with van der Waals surface area (Å²) in [6, 6.07) is 4.48. The molecule has 0 saturated heterocycles. The molecule has 0 spiro atoms. The second kappa shape index (κ2) is 12.4. The number of aromatic amines is 1. The van der Waals surface area contributed by atoms with Crippen molar-refractivity contribution in [2.75, 3.05) is 0 Å². The number of ether oxygens (including phenoxy) is 1. The number of alkyl carbamates (subject to hydrolysis) is 1. The summed E-state index contributed by atoms with van der Waals surface area (Å²) in [7, 11) is 0. The van der Waals surface area contributed by atoms with Crippen LogP contribution >= 0.6 is 0 Å². The minimum atomic E-state index is -0.884. The smallest absolute Gasteiger partial charge is 0.408 e. The fourth-order valence-corrected chi connectivity index (χ4v) is 5.09. The highest BCUT2D eigenvalue weighted by Gasteiger charge is 2.30. The minimum absolute atomic E-state index is 0.303. The lowest BCUT2D eigenvalue weighted by Crippen LogP contribution is -2.50. The van der Waals surface area contributed by atoms with Crippen LogP contribution in [0.2, 0.25) is 0 Å². The number of aromatic nitrogens is 4. The van der Waals surface area contributed by atoms with Crippen LogP contribution in [0.5, 0.6) is 0 Å². The van der Waals surface area contributed by atoms with Crippen LogP contribution in [0.1, 0.15) is 86.6 Å². The van der Waals surface area contributed by atoms with Crippen LogP contribution < -0.4 is 10.6 Å². The van der Waals surface area contributed by atoms with E-state index in [0.717, 1.165) is 28.8 Å². The molecule has 4 rings (SSSR count). The number of nitrogens with one attached hydrogen (secondary N) is 3. The van der Waals surface area contributed by atoms with Crippen LogP contribution in [-0.4, -0.2) is 43.8 Å². The van der Waals surface area contributed by atoms with Crippen LogP contribution in [0.4, 0.5) is 4.79 Å². The normalized spacial score (nSPS) is 15.6. The number of benzene rings is 1. The third kappa shape index (κ3) is 8.15. The molecule has 1 saturated carbocycles. The molecule has 3 N–H and O–H groups in total. The van der Waals surface area contributed by atoms with Gasteiger partial charge < -0.3 is 24.9 Å². The van der Waals surface area contributed by atoms with E-state index in [0.29, 0.717) is 30.5 Å². The van der Waals surface area contributed by atoms with Gasteiger partial charge in [-0.25, -0.2) is 9.78 Å². The molecule has 39 heavy (non-hydrogen) atoms. The maximum Gasteiger partial charge on any atom is 0.408 e. The van der Waals surface area contributed by atoms with Gasteiger partial charge in [0.2, 0.25) is 11.8 Å². The Balaban J connectivity index is 1.56. The molecule has 10 nitrogen and oxygen atoms in total. The zero-order valence-electron chi connectivity index (χ0n) is 23.5. The van der Waals surface area contributed by atoms with E-state index in [1.807, 2.05) is 32.0 Å². The molecule has 2 heterocycles. The van der Waals surface area contributed by atoms with Crippen LogP contribution in [0.3, 0.4) is 0 Å². The Labute approximate surface area is 229 Å². The van der Waals surface area contributed by atoms with Crippen molar-refractivity contribution < 1.29 is 18.8 Å². The number of carbonyl (C=O) groups excluding carboxylic acids is 2. The minimum Gasteiger partial charge on any atom is -0.444 e. The van der Waals surface area contributed by atoms with E-state index < -0.39 is 23.8 Å². The number of aryl methyl sites for hydroxylation is 2. The van der Waals surface area contributed by atoms with Gasteiger partial charge in [0.05, 0.1) is 6.33 Å². The predicted octanol–water partition coefficient (Wildman–Crippen LogP) is 4.68. The number of hydrogen-bond acceptors (Lipinski definition) is 7. The Morgan fingerprint density at radius 1 is 1.13 bits per heavy atom.